The highest BCUT2D eigenvalue weighted by atomic mass is 19.4. The molecule has 1 amide bonds. The highest BCUT2D eigenvalue weighted by Gasteiger charge is 2.31. The molecule has 0 saturated heterocycles. The molecule has 1 aliphatic carbocycles. The number of rotatable bonds is 4. The fourth-order valence-electron chi connectivity index (χ4n) is 2.53. The van der Waals surface area contributed by atoms with Gasteiger partial charge in [-0.05, 0) is 31.2 Å². The fraction of sp³-hybridized carbons (Fsp3) is 0.571. The first-order valence-corrected chi connectivity index (χ1v) is 6.98. The molecule has 2 rings (SSSR count). The van der Waals surface area contributed by atoms with Crippen LogP contribution in [0.25, 0.3) is 0 Å². The topological polar surface area (TPSA) is 71.3 Å². The first-order chi connectivity index (χ1) is 10.3. The molecule has 1 aromatic heterocycles. The molecule has 0 radical (unpaired) electrons. The maximum Gasteiger partial charge on any atom is 0.417 e. The molecular formula is C14H17F3N2O3. The quantitative estimate of drug-likeness (QED) is 0.875. The lowest BCUT2D eigenvalue weighted by atomic mass is 10.1. The third kappa shape index (κ3) is 4.33. The first-order valence-electron chi connectivity index (χ1n) is 6.98. The monoisotopic (exact) mass is 318 g/mol. The zero-order valence-electron chi connectivity index (χ0n) is 11.8. The van der Waals surface area contributed by atoms with E-state index in [1.54, 1.807) is 0 Å². The Kier molecular flexibility index (Phi) is 4.90. The summed E-state index contributed by atoms with van der Waals surface area (Å²) in [5.41, 5.74) is -1.64. The van der Waals surface area contributed by atoms with E-state index >= 15 is 0 Å². The molecule has 2 atom stereocenters. The number of pyridine rings is 1. The fourth-order valence-corrected chi connectivity index (χ4v) is 2.53. The van der Waals surface area contributed by atoms with Gasteiger partial charge < -0.3 is 15.0 Å². The van der Waals surface area contributed by atoms with Crippen LogP contribution in [0.5, 0.6) is 0 Å². The van der Waals surface area contributed by atoms with Crippen molar-refractivity contribution in [2.75, 3.05) is 6.54 Å². The van der Waals surface area contributed by atoms with Crippen LogP contribution in [0.2, 0.25) is 0 Å². The molecule has 1 fully saturated rings. The Balaban J connectivity index is 1.95. The second kappa shape index (κ2) is 6.51. The third-order valence-corrected chi connectivity index (χ3v) is 3.73. The lowest BCUT2D eigenvalue weighted by Crippen LogP contribution is -2.34. The average molecular weight is 318 g/mol. The summed E-state index contributed by atoms with van der Waals surface area (Å²) >= 11 is 0. The summed E-state index contributed by atoms with van der Waals surface area (Å²) in [4.78, 5) is 23.3. The van der Waals surface area contributed by atoms with E-state index in [0.717, 1.165) is 17.1 Å². The smallest absolute Gasteiger partial charge is 0.393 e. The van der Waals surface area contributed by atoms with Crippen molar-refractivity contribution in [1.29, 1.82) is 0 Å². The minimum Gasteiger partial charge on any atom is -0.393 e. The van der Waals surface area contributed by atoms with Gasteiger partial charge in [-0.1, -0.05) is 0 Å². The van der Waals surface area contributed by atoms with Crippen LogP contribution in [0.15, 0.2) is 23.1 Å². The maximum absolute atomic E-state index is 12.6. The molecule has 22 heavy (non-hydrogen) atoms. The largest absolute Gasteiger partial charge is 0.417 e. The molecule has 5 nitrogen and oxygen atoms in total. The number of nitrogens with zero attached hydrogens (tertiary/aromatic N) is 1. The number of halogens is 3. The van der Waals surface area contributed by atoms with Crippen LogP contribution in [-0.4, -0.2) is 28.2 Å². The third-order valence-electron chi connectivity index (χ3n) is 3.73. The lowest BCUT2D eigenvalue weighted by Gasteiger charge is -2.13. The number of aliphatic hydroxyl groups excluding tert-OH is 1. The van der Waals surface area contributed by atoms with Crippen molar-refractivity contribution in [2.24, 2.45) is 5.92 Å². The number of carbonyl (C=O) groups excluding carboxylic acids is 1. The van der Waals surface area contributed by atoms with Gasteiger partial charge in [0, 0.05) is 18.8 Å². The lowest BCUT2D eigenvalue weighted by molar-refractivity contribution is -0.138. The van der Waals surface area contributed by atoms with Crippen LogP contribution in [0, 0.1) is 5.92 Å². The standard InChI is InChI=1S/C14H17F3N2O3/c15-14(16,17)10-2-4-13(22)19(7-10)8-12(21)18-6-9-1-3-11(20)5-9/h2,4,7,9,11,20H,1,3,5-6,8H2,(H,18,21)/t9-,11-/m0/s1. The van der Waals surface area contributed by atoms with Crippen molar-refractivity contribution >= 4 is 5.91 Å². The predicted molar refractivity (Wildman–Crippen MR) is 72.1 cm³/mol. The van der Waals surface area contributed by atoms with Crippen molar-refractivity contribution in [2.45, 2.75) is 38.1 Å². The zero-order chi connectivity index (χ0) is 16.3. The molecule has 2 N–H and O–H groups in total. The number of amides is 1. The number of hydrogen-bond donors (Lipinski definition) is 2. The van der Waals surface area contributed by atoms with Gasteiger partial charge in [0.15, 0.2) is 0 Å². The zero-order valence-corrected chi connectivity index (χ0v) is 11.8. The summed E-state index contributed by atoms with van der Waals surface area (Å²) in [7, 11) is 0. The van der Waals surface area contributed by atoms with Gasteiger partial charge in [0.05, 0.1) is 11.7 Å². The molecule has 0 spiro atoms. The Morgan fingerprint density at radius 3 is 2.68 bits per heavy atom. The van der Waals surface area contributed by atoms with Gasteiger partial charge in [0.1, 0.15) is 6.54 Å². The molecule has 0 aliphatic heterocycles. The van der Waals surface area contributed by atoms with Gasteiger partial charge >= 0.3 is 6.18 Å². The summed E-state index contributed by atoms with van der Waals surface area (Å²) in [6.07, 6.45) is -2.19. The molecule has 1 aromatic rings. The molecule has 1 heterocycles. The van der Waals surface area contributed by atoms with Crippen LogP contribution >= 0.6 is 0 Å². The van der Waals surface area contributed by atoms with E-state index in [2.05, 4.69) is 5.32 Å². The van der Waals surface area contributed by atoms with E-state index in [-0.39, 0.29) is 12.0 Å². The van der Waals surface area contributed by atoms with Crippen molar-refractivity contribution < 1.29 is 23.1 Å². The molecule has 0 bridgehead atoms. The van der Waals surface area contributed by atoms with Gasteiger partial charge in [0.2, 0.25) is 5.91 Å². The average Bonchev–Trinajstić information content (AvgIpc) is 2.83. The molecule has 8 heteroatoms. The van der Waals surface area contributed by atoms with E-state index in [0.29, 0.717) is 31.6 Å². The molecule has 0 aromatic carbocycles. The molecule has 122 valence electrons. The maximum atomic E-state index is 12.6. The Hall–Kier alpha value is -1.83. The number of carbonyl (C=O) groups is 1. The van der Waals surface area contributed by atoms with Crippen LogP contribution in [0.4, 0.5) is 13.2 Å². The minimum atomic E-state index is -4.56. The Labute approximate surface area is 124 Å². The number of aromatic nitrogens is 1. The van der Waals surface area contributed by atoms with E-state index in [1.807, 2.05) is 0 Å². The number of aliphatic hydroxyl groups is 1. The summed E-state index contributed by atoms with van der Waals surface area (Å²) < 4.78 is 38.5. The Morgan fingerprint density at radius 1 is 1.36 bits per heavy atom. The predicted octanol–water partition coefficient (Wildman–Crippen LogP) is 1.14. The van der Waals surface area contributed by atoms with Gasteiger partial charge in [-0.2, -0.15) is 13.2 Å². The summed E-state index contributed by atoms with van der Waals surface area (Å²) in [6.45, 7) is -0.109. The summed E-state index contributed by atoms with van der Waals surface area (Å²) in [5.74, 6) is -0.361. The Bertz CT molecular complexity index is 598. The van der Waals surface area contributed by atoms with Gasteiger partial charge in [0.25, 0.3) is 5.56 Å². The second-order valence-electron chi connectivity index (χ2n) is 5.52. The first kappa shape index (κ1) is 16.5. The number of alkyl halides is 3. The van der Waals surface area contributed by atoms with Crippen LogP contribution in [0.1, 0.15) is 24.8 Å². The van der Waals surface area contributed by atoms with Crippen LogP contribution in [0.3, 0.4) is 0 Å². The van der Waals surface area contributed by atoms with Crippen molar-refractivity contribution in [1.82, 2.24) is 9.88 Å². The SMILES string of the molecule is O=C(Cn1cc(C(F)(F)F)ccc1=O)NC[C@H]1CC[C@H](O)C1. The van der Waals surface area contributed by atoms with Crippen molar-refractivity contribution in [3.05, 3.63) is 34.2 Å². The molecule has 0 unspecified atom stereocenters. The number of hydrogen-bond acceptors (Lipinski definition) is 3. The van der Waals surface area contributed by atoms with Crippen molar-refractivity contribution in [3.8, 4) is 0 Å². The summed E-state index contributed by atoms with van der Waals surface area (Å²) in [6, 6.07) is 1.49. The second-order valence-corrected chi connectivity index (χ2v) is 5.52. The van der Waals surface area contributed by atoms with Crippen molar-refractivity contribution in [3.63, 3.8) is 0 Å². The van der Waals surface area contributed by atoms with Gasteiger partial charge in [-0.25, -0.2) is 0 Å². The minimum absolute atomic E-state index is 0.164. The van der Waals surface area contributed by atoms with E-state index < -0.39 is 29.8 Å². The molecular weight excluding hydrogens is 301 g/mol. The van der Waals surface area contributed by atoms with Crippen LogP contribution in [-0.2, 0) is 17.5 Å². The van der Waals surface area contributed by atoms with Gasteiger partial charge in [-0.15, -0.1) is 0 Å². The number of nitrogens with one attached hydrogen (secondary N) is 1. The highest BCUT2D eigenvalue weighted by molar-refractivity contribution is 5.75. The van der Waals surface area contributed by atoms with E-state index in [1.165, 1.54) is 0 Å². The summed E-state index contributed by atoms with van der Waals surface area (Å²) in [5, 5.41) is 12.0. The van der Waals surface area contributed by atoms with E-state index in [9.17, 15) is 27.9 Å². The van der Waals surface area contributed by atoms with Crippen LogP contribution < -0.4 is 10.9 Å². The highest BCUT2D eigenvalue weighted by Crippen LogP contribution is 2.28. The van der Waals surface area contributed by atoms with E-state index in [4.69, 9.17) is 0 Å². The van der Waals surface area contributed by atoms with Gasteiger partial charge in [-0.3, -0.25) is 9.59 Å². The molecule has 1 saturated carbocycles. The Morgan fingerprint density at radius 2 is 2.09 bits per heavy atom. The molecule has 1 aliphatic rings. The normalized spacial score (nSPS) is 21.8.